The fraction of sp³-hybridized carbons (Fsp3) is 0.667. The van der Waals surface area contributed by atoms with Crippen molar-refractivity contribution in [3.05, 3.63) is 0 Å². The number of primary amides is 1. The minimum Gasteiger partial charge on any atom is -0.391 e. The summed E-state index contributed by atoms with van der Waals surface area (Å²) in [5, 5.41) is 11.7. The summed E-state index contributed by atoms with van der Waals surface area (Å²) in [6, 6.07) is -0.813. The van der Waals surface area contributed by atoms with Gasteiger partial charge in [0.25, 0.3) is 0 Å². The molecule has 0 spiro atoms. The summed E-state index contributed by atoms with van der Waals surface area (Å²) in [6.45, 7) is -0.424. The standard InChI is InChI=1S/C9H16N4O4/c10-2-7(15)12-3-8(16)13-4-5(14)1-6(13)9(11)17/h5-6,14H,1-4,10H2,(H2,11,17)(H,12,15). The highest BCUT2D eigenvalue weighted by Crippen LogP contribution is 2.17. The van der Waals surface area contributed by atoms with Gasteiger partial charge in [-0.3, -0.25) is 14.4 Å². The molecular weight excluding hydrogens is 228 g/mol. The third kappa shape index (κ3) is 3.40. The highest BCUT2D eigenvalue weighted by molar-refractivity contribution is 5.90. The molecule has 1 fully saturated rings. The number of aliphatic hydroxyl groups is 1. The van der Waals surface area contributed by atoms with Crippen molar-refractivity contribution in [2.24, 2.45) is 11.5 Å². The molecule has 96 valence electrons. The van der Waals surface area contributed by atoms with E-state index in [1.165, 1.54) is 4.90 Å². The second-order valence-electron chi connectivity index (χ2n) is 3.83. The largest absolute Gasteiger partial charge is 0.391 e. The summed E-state index contributed by atoms with van der Waals surface area (Å²) in [6.07, 6.45) is -0.631. The van der Waals surface area contributed by atoms with Crippen LogP contribution in [0.25, 0.3) is 0 Å². The monoisotopic (exact) mass is 244 g/mol. The third-order valence-corrected chi connectivity index (χ3v) is 2.55. The van der Waals surface area contributed by atoms with Crippen molar-refractivity contribution in [1.82, 2.24) is 10.2 Å². The molecular formula is C9H16N4O4. The second kappa shape index (κ2) is 5.60. The van der Waals surface area contributed by atoms with Gasteiger partial charge in [-0.1, -0.05) is 0 Å². The maximum atomic E-state index is 11.7. The number of carbonyl (C=O) groups is 3. The van der Waals surface area contributed by atoms with Crippen molar-refractivity contribution in [2.75, 3.05) is 19.6 Å². The summed E-state index contributed by atoms with van der Waals surface area (Å²) >= 11 is 0. The van der Waals surface area contributed by atoms with Gasteiger partial charge in [-0.25, -0.2) is 0 Å². The predicted molar refractivity (Wildman–Crippen MR) is 57.4 cm³/mol. The van der Waals surface area contributed by atoms with E-state index in [1.807, 2.05) is 0 Å². The van der Waals surface area contributed by atoms with Crippen LogP contribution in [0, 0.1) is 0 Å². The fourth-order valence-electron chi connectivity index (χ4n) is 1.71. The van der Waals surface area contributed by atoms with E-state index in [-0.39, 0.29) is 26.1 Å². The van der Waals surface area contributed by atoms with Crippen molar-refractivity contribution >= 4 is 17.7 Å². The minimum atomic E-state index is -0.813. The van der Waals surface area contributed by atoms with E-state index in [9.17, 15) is 19.5 Å². The molecule has 0 aromatic heterocycles. The predicted octanol–water partition coefficient (Wildman–Crippen LogP) is -3.49. The zero-order valence-electron chi connectivity index (χ0n) is 9.26. The number of nitrogens with two attached hydrogens (primary N) is 2. The Morgan fingerprint density at radius 3 is 2.59 bits per heavy atom. The van der Waals surface area contributed by atoms with Crippen LogP contribution in [0.3, 0.4) is 0 Å². The molecule has 1 aliphatic rings. The van der Waals surface area contributed by atoms with Gasteiger partial charge in [-0.05, 0) is 0 Å². The first kappa shape index (κ1) is 13.4. The molecule has 1 rings (SSSR count). The van der Waals surface area contributed by atoms with Gasteiger partial charge in [-0.15, -0.1) is 0 Å². The van der Waals surface area contributed by atoms with Gasteiger partial charge >= 0.3 is 0 Å². The van der Waals surface area contributed by atoms with Crippen molar-refractivity contribution in [2.45, 2.75) is 18.6 Å². The molecule has 8 nitrogen and oxygen atoms in total. The van der Waals surface area contributed by atoms with Crippen LogP contribution < -0.4 is 16.8 Å². The number of hydrogen-bond donors (Lipinski definition) is 4. The van der Waals surface area contributed by atoms with E-state index < -0.39 is 29.9 Å². The summed E-state index contributed by atoms with van der Waals surface area (Å²) in [4.78, 5) is 34.8. The zero-order valence-corrected chi connectivity index (χ0v) is 9.26. The quantitative estimate of drug-likeness (QED) is 0.406. The van der Waals surface area contributed by atoms with Crippen LogP contribution >= 0.6 is 0 Å². The average Bonchev–Trinajstić information content (AvgIpc) is 2.67. The first-order chi connectivity index (χ1) is 7.95. The number of aliphatic hydroxyl groups excluding tert-OH is 1. The Balaban J connectivity index is 2.55. The van der Waals surface area contributed by atoms with Crippen LogP contribution in [-0.2, 0) is 14.4 Å². The van der Waals surface area contributed by atoms with Crippen molar-refractivity contribution in [3.8, 4) is 0 Å². The number of likely N-dealkylation sites (tertiary alicyclic amines) is 1. The number of amides is 3. The fourth-order valence-corrected chi connectivity index (χ4v) is 1.71. The van der Waals surface area contributed by atoms with Gasteiger partial charge < -0.3 is 26.8 Å². The van der Waals surface area contributed by atoms with E-state index in [1.54, 1.807) is 0 Å². The van der Waals surface area contributed by atoms with Crippen LogP contribution in [0.1, 0.15) is 6.42 Å². The molecule has 8 heteroatoms. The SMILES string of the molecule is NCC(=O)NCC(=O)N1CC(O)CC1C(N)=O. The third-order valence-electron chi connectivity index (χ3n) is 2.55. The lowest BCUT2D eigenvalue weighted by molar-refractivity contribution is -0.137. The van der Waals surface area contributed by atoms with Crippen LogP contribution in [0.15, 0.2) is 0 Å². The normalized spacial score (nSPS) is 23.5. The van der Waals surface area contributed by atoms with E-state index in [0.29, 0.717) is 0 Å². The highest BCUT2D eigenvalue weighted by Gasteiger charge is 2.37. The molecule has 0 aliphatic carbocycles. The Morgan fingerprint density at radius 1 is 1.41 bits per heavy atom. The van der Waals surface area contributed by atoms with Crippen molar-refractivity contribution < 1.29 is 19.5 Å². The number of β-amino-alcohol motifs (C(OH)–C–C–N with tert-alkyl or cyclic N) is 1. The molecule has 1 heterocycles. The van der Waals surface area contributed by atoms with Gasteiger partial charge in [0.2, 0.25) is 17.7 Å². The number of nitrogens with zero attached hydrogens (tertiary/aromatic N) is 1. The summed E-state index contributed by atoms with van der Waals surface area (Å²) in [5.74, 6) is -1.60. The Labute approximate surface area is 97.9 Å². The molecule has 0 aromatic rings. The second-order valence-corrected chi connectivity index (χ2v) is 3.83. The van der Waals surface area contributed by atoms with E-state index in [4.69, 9.17) is 11.5 Å². The first-order valence-corrected chi connectivity index (χ1v) is 5.19. The lowest BCUT2D eigenvalue weighted by atomic mass is 10.2. The lowest BCUT2D eigenvalue weighted by Gasteiger charge is -2.21. The molecule has 17 heavy (non-hydrogen) atoms. The molecule has 0 aromatic carbocycles. The molecule has 1 aliphatic heterocycles. The highest BCUT2D eigenvalue weighted by atomic mass is 16.3. The number of rotatable bonds is 4. The molecule has 6 N–H and O–H groups in total. The van der Waals surface area contributed by atoms with Gasteiger partial charge in [-0.2, -0.15) is 0 Å². The average molecular weight is 244 g/mol. The van der Waals surface area contributed by atoms with Crippen LogP contribution in [0.5, 0.6) is 0 Å². The topological polar surface area (TPSA) is 139 Å². The smallest absolute Gasteiger partial charge is 0.242 e. The number of hydrogen-bond acceptors (Lipinski definition) is 5. The van der Waals surface area contributed by atoms with E-state index in [2.05, 4.69) is 5.32 Å². The van der Waals surface area contributed by atoms with E-state index >= 15 is 0 Å². The Morgan fingerprint density at radius 2 is 2.06 bits per heavy atom. The van der Waals surface area contributed by atoms with Crippen LogP contribution in [0.2, 0.25) is 0 Å². The van der Waals surface area contributed by atoms with E-state index in [0.717, 1.165) is 0 Å². The zero-order chi connectivity index (χ0) is 13.0. The maximum Gasteiger partial charge on any atom is 0.242 e. The van der Waals surface area contributed by atoms with Gasteiger partial charge in [0.05, 0.1) is 19.2 Å². The molecule has 1 saturated heterocycles. The van der Waals surface area contributed by atoms with Crippen molar-refractivity contribution in [1.29, 1.82) is 0 Å². The summed E-state index contributed by atoms with van der Waals surface area (Å²) < 4.78 is 0. The molecule has 0 saturated carbocycles. The van der Waals surface area contributed by atoms with Crippen LogP contribution in [-0.4, -0.2) is 59.5 Å². The number of nitrogens with one attached hydrogen (secondary N) is 1. The Hall–Kier alpha value is -1.67. The molecule has 2 unspecified atom stereocenters. The lowest BCUT2D eigenvalue weighted by Crippen LogP contribution is -2.48. The minimum absolute atomic E-state index is 0.0466. The Kier molecular flexibility index (Phi) is 4.41. The summed E-state index contributed by atoms with van der Waals surface area (Å²) in [7, 11) is 0. The van der Waals surface area contributed by atoms with Gasteiger partial charge in [0.15, 0.2) is 0 Å². The van der Waals surface area contributed by atoms with Crippen molar-refractivity contribution in [3.63, 3.8) is 0 Å². The first-order valence-electron chi connectivity index (χ1n) is 5.19. The summed E-state index contributed by atoms with van der Waals surface area (Å²) in [5.41, 5.74) is 10.2. The molecule has 0 radical (unpaired) electrons. The van der Waals surface area contributed by atoms with Gasteiger partial charge in [0, 0.05) is 13.0 Å². The molecule has 3 amide bonds. The molecule has 2 atom stereocenters. The molecule has 0 bridgehead atoms. The number of carbonyl (C=O) groups excluding carboxylic acids is 3. The van der Waals surface area contributed by atoms with Crippen LogP contribution in [0.4, 0.5) is 0 Å². The maximum absolute atomic E-state index is 11.7. The Bertz CT molecular complexity index is 333. The van der Waals surface area contributed by atoms with Gasteiger partial charge in [0.1, 0.15) is 6.04 Å².